The fraction of sp³-hybridized carbons (Fsp3) is 0.286. The average molecular weight is 293 g/mol. The van der Waals surface area contributed by atoms with Gasteiger partial charge in [-0.25, -0.2) is 0 Å². The van der Waals surface area contributed by atoms with E-state index in [0.717, 1.165) is 22.7 Å². The summed E-state index contributed by atoms with van der Waals surface area (Å²) in [6.07, 6.45) is 0.451. The van der Waals surface area contributed by atoms with E-state index in [0.29, 0.717) is 18.1 Å². The molecular formula is C14H17ClN4O. The third-order valence-corrected chi connectivity index (χ3v) is 3.45. The maximum atomic E-state index is 7.25. The minimum atomic E-state index is 0.149. The number of nitrogens with two attached hydrogens (primary N) is 1. The number of benzene rings is 1. The number of nitrogens with one attached hydrogen (secondary N) is 1. The van der Waals surface area contributed by atoms with E-state index >= 15 is 0 Å². The second-order valence-corrected chi connectivity index (χ2v) is 4.98. The second kappa shape index (κ2) is 5.96. The Balaban J connectivity index is 2.02. The lowest BCUT2D eigenvalue weighted by Gasteiger charge is -2.08. The Kier molecular flexibility index (Phi) is 4.29. The van der Waals surface area contributed by atoms with Gasteiger partial charge >= 0.3 is 0 Å². The van der Waals surface area contributed by atoms with Gasteiger partial charge in [0.05, 0.1) is 22.2 Å². The molecule has 1 aromatic heterocycles. The zero-order chi connectivity index (χ0) is 14.7. The van der Waals surface area contributed by atoms with Crippen molar-refractivity contribution in [1.29, 1.82) is 5.41 Å². The Morgan fingerprint density at radius 2 is 2.05 bits per heavy atom. The van der Waals surface area contributed by atoms with E-state index in [2.05, 4.69) is 5.10 Å². The molecule has 0 unspecified atom stereocenters. The highest BCUT2D eigenvalue weighted by Gasteiger charge is 2.11. The van der Waals surface area contributed by atoms with Crippen molar-refractivity contribution in [2.24, 2.45) is 12.8 Å². The van der Waals surface area contributed by atoms with Crippen LogP contribution in [0.2, 0.25) is 5.02 Å². The molecule has 0 aliphatic heterocycles. The van der Waals surface area contributed by atoms with Gasteiger partial charge in [0.2, 0.25) is 0 Å². The van der Waals surface area contributed by atoms with Crippen molar-refractivity contribution in [1.82, 2.24) is 9.78 Å². The van der Waals surface area contributed by atoms with Gasteiger partial charge in [0.15, 0.2) is 0 Å². The molecule has 2 rings (SSSR count). The van der Waals surface area contributed by atoms with Crippen LogP contribution in [0.4, 0.5) is 0 Å². The molecule has 0 aliphatic rings. The molecule has 5 nitrogen and oxygen atoms in total. The van der Waals surface area contributed by atoms with Crippen LogP contribution in [0.5, 0.6) is 5.75 Å². The van der Waals surface area contributed by atoms with Crippen LogP contribution < -0.4 is 10.5 Å². The number of hydrogen-bond acceptors (Lipinski definition) is 3. The van der Waals surface area contributed by atoms with Gasteiger partial charge in [0, 0.05) is 13.5 Å². The summed E-state index contributed by atoms with van der Waals surface area (Å²) in [7, 11) is 1.84. The van der Waals surface area contributed by atoms with Gasteiger partial charge in [-0.05, 0) is 24.6 Å². The van der Waals surface area contributed by atoms with Crippen molar-refractivity contribution >= 4 is 17.4 Å². The first-order valence-electron chi connectivity index (χ1n) is 6.20. The predicted molar refractivity (Wildman–Crippen MR) is 79.3 cm³/mol. The van der Waals surface area contributed by atoms with Crippen molar-refractivity contribution in [2.75, 3.05) is 0 Å². The standard InChI is InChI=1S/C14H17ClN4O/c1-9-14(15)12(19(2)18-9)8-20-11-5-3-10(4-6-11)7-13(16)17/h3-6H,7-8H2,1-2H3,(H3,16,17). The van der Waals surface area contributed by atoms with E-state index < -0.39 is 0 Å². The van der Waals surface area contributed by atoms with Crippen LogP contribution in [-0.2, 0) is 20.1 Å². The first kappa shape index (κ1) is 14.4. The molecule has 1 heterocycles. The Hall–Kier alpha value is -2.01. The van der Waals surface area contributed by atoms with Crippen LogP contribution in [0.15, 0.2) is 24.3 Å². The molecule has 0 bridgehead atoms. The summed E-state index contributed by atoms with van der Waals surface area (Å²) in [4.78, 5) is 0. The molecule has 0 aliphatic carbocycles. The molecule has 3 N–H and O–H groups in total. The molecule has 20 heavy (non-hydrogen) atoms. The highest BCUT2D eigenvalue weighted by molar-refractivity contribution is 6.31. The van der Waals surface area contributed by atoms with Crippen LogP contribution >= 0.6 is 11.6 Å². The highest BCUT2D eigenvalue weighted by Crippen LogP contribution is 2.21. The van der Waals surface area contributed by atoms with E-state index in [9.17, 15) is 0 Å². The summed E-state index contributed by atoms with van der Waals surface area (Å²) in [6.45, 7) is 2.23. The van der Waals surface area contributed by atoms with Crippen LogP contribution in [-0.4, -0.2) is 15.6 Å². The van der Waals surface area contributed by atoms with Crippen molar-refractivity contribution in [2.45, 2.75) is 20.0 Å². The number of amidine groups is 1. The molecule has 0 saturated heterocycles. The zero-order valence-electron chi connectivity index (χ0n) is 11.5. The smallest absolute Gasteiger partial charge is 0.131 e. The van der Waals surface area contributed by atoms with Gasteiger partial charge in [0.1, 0.15) is 12.4 Å². The Bertz CT molecular complexity index is 619. The van der Waals surface area contributed by atoms with Crippen molar-refractivity contribution in [3.05, 3.63) is 46.2 Å². The third-order valence-electron chi connectivity index (χ3n) is 2.96. The number of aryl methyl sites for hydroxylation is 2. The van der Waals surface area contributed by atoms with E-state index in [4.69, 9.17) is 27.5 Å². The summed E-state index contributed by atoms with van der Waals surface area (Å²) in [5.41, 5.74) is 7.99. The summed E-state index contributed by atoms with van der Waals surface area (Å²) in [6, 6.07) is 7.50. The Morgan fingerprint density at radius 3 is 2.55 bits per heavy atom. The third kappa shape index (κ3) is 3.30. The minimum Gasteiger partial charge on any atom is -0.487 e. The maximum Gasteiger partial charge on any atom is 0.131 e. The lowest BCUT2D eigenvalue weighted by atomic mass is 10.1. The molecule has 106 valence electrons. The fourth-order valence-corrected chi connectivity index (χ4v) is 2.13. The molecule has 0 saturated carbocycles. The SMILES string of the molecule is Cc1nn(C)c(COc2ccc(CC(=N)N)cc2)c1Cl. The molecule has 0 amide bonds. The maximum absolute atomic E-state index is 7.25. The molecule has 2 aromatic rings. The molecule has 0 fully saturated rings. The van der Waals surface area contributed by atoms with Gasteiger partial charge in [-0.3, -0.25) is 10.1 Å². The van der Waals surface area contributed by atoms with E-state index in [1.807, 2.05) is 38.2 Å². The minimum absolute atomic E-state index is 0.149. The summed E-state index contributed by atoms with van der Waals surface area (Å²) in [5.74, 6) is 0.892. The zero-order valence-corrected chi connectivity index (χ0v) is 12.2. The van der Waals surface area contributed by atoms with Gasteiger partial charge in [-0.15, -0.1) is 0 Å². The van der Waals surface area contributed by atoms with Crippen LogP contribution in [0.3, 0.4) is 0 Å². The largest absolute Gasteiger partial charge is 0.487 e. The van der Waals surface area contributed by atoms with Crippen LogP contribution in [0.25, 0.3) is 0 Å². The fourth-order valence-electron chi connectivity index (χ4n) is 1.91. The number of nitrogens with zero attached hydrogens (tertiary/aromatic N) is 2. The average Bonchev–Trinajstić information content (AvgIpc) is 2.62. The number of aromatic nitrogens is 2. The number of halogens is 1. The number of rotatable bonds is 5. The van der Waals surface area contributed by atoms with E-state index in [-0.39, 0.29) is 5.84 Å². The van der Waals surface area contributed by atoms with Gasteiger partial charge in [-0.1, -0.05) is 23.7 Å². The number of hydrogen-bond donors (Lipinski definition) is 2. The summed E-state index contributed by atoms with van der Waals surface area (Å²) in [5, 5.41) is 12.1. The molecule has 0 spiro atoms. The monoisotopic (exact) mass is 292 g/mol. The topological polar surface area (TPSA) is 76.9 Å². The summed E-state index contributed by atoms with van der Waals surface area (Å²) >= 11 is 6.16. The molecule has 6 heteroatoms. The molecule has 1 aromatic carbocycles. The van der Waals surface area contributed by atoms with Gasteiger partial charge in [0.25, 0.3) is 0 Å². The lowest BCUT2D eigenvalue weighted by molar-refractivity contribution is 0.295. The van der Waals surface area contributed by atoms with Crippen molar-refractivity contribution < 1.29 is 4.74 Å². The normalized spacial score (nSPS) is 10.6. The molecular weight excluding hydrogens is 276 g/mol. The first-order valence-corrected chi connectivity index (χ1v) is 6.57. The highest BCUT2D eigenvalue weighted by atomic mass is 35.5. The Morgan fingerprint density at radius 1 is 1.40 bits per heavy atom. The van der Waals surface area contributed by atoms with Gasteiger partial charge in [-0.2, -0.15) is 5.10 Å². The first-order chi connectivity index (χ1) is 9.47. The second-order valence-electron chi connectivity index (χ2n) is 4.60. The van der Waals surface area contributed by atoms with E-state index in [1.165, 1.54) is 0 Å². The van der Waals surface area contributed by atoms with Crippen LogP contribution in [0, 0.1) is 12.3 Å². The van der Waals surface area contributed by atoms with Crippen molar-refractivity contribution in [3.63, 3.8) is 0 Å². The Labute approximate surface area is 122 Å². The van der Waals surface area contributed by atoms with Gasteiger partial charge < -0.3 is 10.5 Å². The lowest BCUT2D eigenvalue weighted by Crippen LogP contribution is -2.12. The quantitative estimate of drug-likeness (QED) is 0.656. The van der Waals surface area contributed by atoms with Crippen molar-refractivity contribution in [3.8, 4) is 5.75 Å². The van der Waals surface area contributed by atoms with E-state index in [1.54, 1.807) is 4.68 Å². The van der Waals surface area contributed by atoms with Crippen LogP contribution in [0.1, 0.15) is 17.0 Å². The predicted octanol–water partition coefficient (Wildman–Crippen LogP) is 2.44. The molecule has 0 atom stereocenters. The molecule has 0 radical (unpaired) electrons. The number of ether oxygens (including phenoxy) is 1. The summed E-state index contributed by atoms with van der Waals surface area (Å²) < 4.78 is 7.42.